The third-order valence-electron chi connectivity index (χ3n) is 3.11. The van der Waals surface area contributed by atoms with E-state index >= 15 is 0 Å². The van der Waals surface area contributed by atoms with Crippen molar-refractivity contribution in [2.24, 2.45) is 5.92 Å². The van der Waals surface area contributed by atoms with Crippen molar-refractivity contribution in [2.75, 3.05) is 0 Å². The van der Waals surface area contributed by atoms with Crippen molar-refractivity contribution >= 4 is 11.6 Å². The van der Waals surface area contributed by atoms with Crippen LogP contribution in [0.2, 0.25) is 5.15 Å². The Morgan fingerprint density at radius 3 is 2.87 bits per heavy atom. The number of rotatable bonds is 3. The minimum Gasteiger partial charge on any atom is -0.307 e. The number of hydrogen-bond acceptors (Lipinski definition) is 2. The minimum atomic E-state index is 0.364. The van der Waals surface area contributed by atoms with Crippen LogP contribution in [0.3, 0.4) is 0 Å². The molecule has 82 valence electrons. The standard InChI is InChI=1S/C12H17ClN2/c1-8-5-11(6-8)15-9(2)10-3-4-14-12(13)7-10/h3-4,7-9,11,15H,5-6H2,1-2H3. The van der Waals surface area contributed by atoms with Gasteiger partial charge in [-0.3, -0.25) is 0 Å². The molecule has 0 aliphatic heterocycles. The summed E-state index contributed by atoms with van der Waals surface area (Å²) in [6.45, 7) is 4.47. The second-order valence-corrected chi connectivity index (χ2v) is 4.96. The van der Waals surface area contributed by atoms with Crippen LogP contribution < -0.4 is 5.32 Å². The van der Waals surface area contributed by atoms with E-state index < -0.39 is 0 Å². The number of aromatic nitrogens is 1. The van der Waals surface area contributed by atoms with Crippen LogP contribution in [-0.4, -0.2) is 11.0 Å². The monoisotopic (exact) mass is 224 g/mol. The van der Waals surface area contributed by atoms with Crippen LogP contribution in [-0.2, 0) is 0 Å². The Hall–Kier alpha value is -0.600. The van der Waals surface area contributed by atoms with Crippen molar-refractivity contribution in [3.8, 4) is 0 Å². The molecule has 1 fully saturated rings. The van der Waals surface area contributed by atoms with Gasteiger partial charge in [-0.1, -0.05) is 18.5 Å². The fourth-order valence-corrected chi connectivity index (χ4v) is 2.36. The van der Waals surface area contributed by atoms with Crippen LogP contribution >= 0.6 is 11.6 Å². The summed E-state index contributed by atoms with van der Waals surface area (Å²) in [4.78, 5) is 3.99. The van der Waals surface area contributed by atoms with E-state index in [1.54, 1.807) is 6.20 Å². The SMILES string of the molecule is CC1CC(NC(C)c2ccnc(Cl)c2)C1. The highest BCUT2D eigenvalue weighted by molar-refractivity contribution is 6.29. The van der Waals surface area contributed by atoms with Crippen molar-refractivity contribution in [3.05, 3.63) is 29.0 Å². The maximum absolute atomic E-state index is 5.86. The molecule has 1 aromatic rings. The van der Waals surface area contributed by atoms with Gasteiger partial charge in [0.1, 0.15) is 5.15 Å². The molecule has 1 aromatic heterocycles. The zero-order chi connectivity index (χ0) is 10.8. The summed E-state index contributed by atoms with van der Waals surface area (Å²) in [6, 6.07) is 5.00. The van der Waals surface area contributed by atoms with Gasteiger partial charge in [0.25, 0.3) is 0 Å². The van der Waals surface area contributed by atoms with Crippen molar-refractivity contribution in [1.82, 2.24) is 10.3 Å². The van der Waals surface area contributed by atoms with Gasteiger partial charge in [0, 0.05) is 18.3 Å². The summed E-state index contributed by atoms with van der Waals surface area (Å²) >= 11 is 5.86. The molecule has 15 heavy (non-hydrogen) atoms. The van der Waals surface area contributed by atoms with Crippen LogP contribution in [0.25, 0.3) is 0 Å². The number of nitrogens with one attached hydrogen (secondary N) is 1. The van der Waals surface area contributed by atoms with Crippen LogP contribution in [0.4, 0.5) is 0 Å². The molecule has 0 saturated heterocycles. The largest absolute Gasteiger partial charge is 0.307 e. The van der Waals surface area contributed by atoms with E-state index in [-0.39, 0.29) is 0 Å². The third-order valence-corrected chi connectivity index (χ3v) is 3.32. The average Bonchev–Trinajstić information content (AvgIpc) is 2.15. The van der Waals surface area contributed by atoms with Crippen LogP contribution in [0, 0.1) is 5.92 Å². The first-order chi connectivity index (χ1) is 7.15. The third kappa shape index (κ3) is 2.70. The molecule has 1 unspecified atom stereocenters. The Balaban J connectivity index is 1.93. The van der Waals surface area contributed by atoms with Gasteiger partial charge in [-0.2, -0.15) is 0 Å². The van der Waals surface area contributed by atoms with Crippen LogP contribution in [0.15, 0.2) is 18.3 Å². The number of hydrogen-bond donors (Lipinski definition) is 1. The second kappa shape index (κ2) is 4.50. The van der Waals surface area contributed by atoms with Gasteiger partial charge in [0.2, 0.25) is 0 Å². The normalized spacial score (nSPS) is 27.1. The van der Waals surface area contributed by atoms with Gasteiger partial charge in [-0.25, -0.2) is 4.98 Å². The topological polar surface area (TPSA) is 24.9 Å². The number of nitrogens with zero attached hydrogens (tertiary/aromatic N) is 1. The minimum absolute atomic E-state index is 0.364. The highest BCUT2D eigenvalue weighted by atomic mass is 35.5. The maximum atomic E-state index is 5.86. The second-order valence-electron chi connectivity index (χ2n) is 4.57. The Kier molecular flexibility index (Phi) is 3.27. The first kappa shape index (κ1) is 10.9. The number of pyridine rings is 1. The Bertz CT molecular complexity index is 334. The molecule has 3 heteroatoms. The lowest BCUT2D eigenvalue weighted by molar-refractivity contribution is 0.226. The van der Waals surface area contributed by atoms with E-state index in [2.05, 4.69) is 24.1 Å². The summed E-state index contributed by atoms with van der Waals surface area (Å²) in [5.41, 5.74) is 1.22. The van der Waals surface area contributed by atoms with Gasteiger partial charge in [0.05, 0.1) is 0 Å². The Morgan fingerprint density at radius 1 is 1.53 bits per heavy atom. The van der Waals surface area contributed by atoms with Crippen molar-refractivity contribution in [2.45, 2.75) is 38.8 Å². The maximum Gasteiger partial charge on any atom is 0.129 e. The fraction of sp³-hybridized carbons (Fsp3) is 0.583. The van der Waals surface area contributed by atoms with Gasteiger partial charge < -0.3 is 5.32 Å². The summed E-state index contributed by atoms with van der Waals surface area (Å²) in [5.74, 6) is 0.885. The molecule has 2 rings (SSSR count). The first-order valence-corrected chi connectivity index (χ1v) is 5.90. The first-order valence-electron chi connectivity index (χ1n) is 5.52. The molecule has 1 N–H and O–H groups in total. The number of halogens is 1. The Morgan fingerprint density at radius 2 is 2.27 bits per heavy atom. The zero-order valence-corrected chi connectivity index (χ0v) is 9.96. The molecule has 1 aliphatic rings. The van der Waals surface area contributed by atoms with Gasteiger partial charge in [-0.05, 0) is 43.4 Å². The summed E-state index contributed by atoms with van der Waals surface area (Å²) in [7, 11) is 0. The van der Waals surface area contributed by atoms with E-state index in [1.807, 2.05) is 12.1 Å². The van der Waals surface area contributed by atoms with E-state index in [0.717, 1.165) is 5.92 Å². The van der Waals surface area contributed by atoms with Gasteiger partial charge in [0.15, 0.2) is 0 Å². The molecule has 0 spiro atoms. The molecule has 2 nitrogen and oxygen atoms in total. The molecule has 0 amide bonds. The zero-order valence-electron chi connectivity index (χ0n) is 9.20. The smallest absolute Gasteiger partial charge is 0.129 e. The predicted octanol–water partition coefficient (Wildman–Crippen LogP) is 3.18. The lowest BCUT2D eigenvalue weighted by Gasteiger charge is -2.35. The average molecular weight is 225 g/mol. The molecule has 0 radical (unpaired) electrons. The fourth-order valence-electron chi connectivity index (χ4n) is 2.18. The van der Waals surface area contributed by atoms with E-state index in [1.165, 1.54) is 18.4 Å². The molecular formula is C12H17ClN2. The summed E-state index contributed by atoms with van der Waals surface area (Å²) < 4.78 is 0. The highest BCUT2D eigenvalue weighted by Crippen LogP contribution is 2.28. The summed E-state index contributed by atoms with van der Waals surface area (Å²) in [5, 5.41) is 4.18. The molecule has 0 bridgehead atoms. The lowest BCUT2D eigenvalue weighted by atomic mass is 9.81. The highest BCUT2D eigenvalue weighted by Gasteiger charge is 2.26. The molecule has 1 saturated carbocycles. The van der Waals surface area contributed by atoms with Crippen LogP contribution in [0.1, 0.15) is 38.3 Å². The summed E-state index contributed by atoms with van der Waals surface area (Å²) in [6.07, 6.45) is 4.35. The molecule has 1 heterocycles. The van der Waals surface area contributed by atoms with Crippen LogP contribution in [0.5, 0.6) is 0 Å². The van der Waals surface area contributed by atoms with Crippen molar-refractivity contribution in [1.29, 1.82) is 0 Å². The molecule has 1 atom stereocenters. The van der Waals surface area contributed by atoms with Crippen molar-refractivity contribution in [3.63, 3.8) is 0 Å². The van der Waals surface area contributed by atoms with Gasteiger partial charge >= 0.3 is 0 Å². The Labute approximate surface area is 96.1 Å². The van der Waals surface area contributed by atoms with E-state index in [0.29, 0.717) is 17.2 Å². The molecule has 1 aliphatic carbocycles. The lowest BCUT2D eigenvalue weighted by Crippen LogP contribution is -2.41. The molecule has 0 aromatic carbocycles. The van der Waals surface area contributed by atoms with Gasteiger partial charge in [-0.15, -0.1) is 0 Å². The van der Waals surface area contributed by atoms with E-state index in [9.17, 15) is 0 Å². The quantitative estimate of drug-likeness (QED) is 0.798. The predicted molar refractivity (Wildman–Crippen MR) is 63.0 cm³/mol. The molecular weight excluding hydrogens is 208 g/mol. The van der Waals surface area contributed by atoms with Crippen molar-refractivity contribution < 1.29 is 0 Å². The van der Waals surface area contributed by atoms with E-state index in [4.69, 9.17) is 11.6 Å².